The second-order valence-corrected chi connectivity index (χ2v) is 9.60. The van der Waals surface area contributed by atoms with Gasteiger partial charge in [-0.2, -0.15) is 4.31 Å². The van der Waals surface area contributed by atoms with Gasteiger partial charge in [0.25, 0.3) is 0 Å². The normalized spacial score (nSPS) is 26.6. The zero-order valence-electron chi connectivity index (χ0n) is 15.5. The number of benzene rings is 2. The van der Waals surface area contributed by atoms with Crippen LogP contribution >= 0.6 is 0 Å². The molecule has 0 bridgehead atoms. The Morgan fingerprint density at radius 1 is 0.963 bits per heavy atom. The minimum absolute atomic E-state index is 0.0676. The first-order valence-electron chi connectivity index (χ1n) is 9.64. The fourth-order valence-corrected chi connectivity index (χ4v) is 6.31. The van der Waals surface area contributed by atoms with Gasteiger partial charge in [-0.3, -0.25) is 4.79 Å². The van der Waals surface area contributed by atoms with Crippen LogP contribution in [-0.2, 0) is 14.8 Å². The molecule has 4 nitrogen and oxygen atoms in total. The van der Waals surface area contributed by atoms with Crippen LogP contribution in [0.25, 0.3) is 0 Å². The maximum Gasteiger partial charge on any atom is 0.243 e. The summed E-state index contributed by atoms with van der Waals surface area (Å²) in [7, 11) is -3.63. The second-order valence-electron chi connectivity index (χ2n) is 7.71. The Morgan fingerprint density at radius 3 is 2.37 bits per heavy atom. The second kappa shape index (κ2) is 7.21. The molecule has 0 aromatic heterocycles. The van der Waals surface area contributed by atoms with Crippen molar-refractivity contribution < 1.29 is 13.2 Å². The quantitative estimate of drug-likeness (QED) is 0.807. The molecule has 0 spiro atoms. The van der Waals surface area contributed by atoms with Crippen LogP contribution in [0, 0.1) is 12.8 Å². The van der Waals surface area contributed by atoms with Gasteiger partial charge in [0.2, 0.25) is 10.0 Å². The number of Topliss-reactive ketones (excluding diaryl/α,β-unsaturated/α-hetero) is 1. The highest BCUT2D eigenvalue weighted by Crippen LogP contribution is 2.44. The highest BCUT2D eigenvalue weighted by Gasteiger charge is 2.50. The maximum atomic E-state index is 13.4. The topological polar surface area (TPSA) is 54.5 Å². The zero-order chi connectivity index (χ0) is 19.0. The minimum atomic E-state index is -3.63. The van der Waals surface area contributed by atoms with Crippen LogP contribution in [0.2, 0.25) is 0 Å². The third-order valence-electron chi connectivity index (χ3n) is 5.99. The van der Waals surface area contributed by atoms with Crippen LogP contribution in [0.3, 0.4) is 0 Å². The van der Waals surface area contributed by atoms with Gasteiger partial charge >= 0.3 is 0 Å². The van der Waals surface area contributed by atoms with E-state index in [0.717, 1.165) is 30.4 Å². The molecule has 3 atom stereocenters. The van der Waals surface area contributed by atoms with E-state index in [1.165, 1.54) is 0 Å². The van der Waals surface area contributed by atoms with Gasteiger partial charge in [-0.25, -0.2) is 8.42 Å². The van der Waals surface area contributed by atoms with E-state index in [4.69, 9.17) is 0 Å². The largest absolute Gasteiger partial charge is 0.299 e. The SMILES string of the molecule is Cc1ccc(S(=O)(=O)N2C[C@H](c3ccccc3)[C@H]3C(=O)CCCC[C@@H]32)cc1. The van der Waals surface area contributed by atoms with Crippen molar-refractivity contribution >= 4 is 15.8 Å². The van der Waals surface area contributed by atoms with Gasteiger partial charge in [-0.05, 0) is 37.5 Å². The van der Waals surface area contributed by atoms with E-state index in [9.17, 15) is 13.2 Å². The van der Waals surface area contributed by atoms with Crippen molar-refractivity contribution in [2.45, 2.75) is 49.5 Å². The molecule has 142 valence electrons. The van der Waals surface area contributed by atoms with Crippen LogP contribution in [0.15, 0.2) is 59.5 Å². The highest BCUT2D eigenvalue weighted by molar-refractivity contribution is 7.89. The maximum absolute atomic E-state index is 13.4. The third kappa shape index (κ3) is 3.34. The smallest absolute Gasteiger partial charge is 0.243 e. The lowest BCUT2D eigenvalue weighted by atomic mass is 9.82. The van der Waals surface area contributed by atoms with Crippen molar-refractivity contribution in [2.24, 2.45) is 5.92 Å². The molecule has 0 radical (unpaired) electrons. The summed E-state index contributed by atoms with van der Waals surface area (Å²) >= 11 is 0. The van der Waals surface area contributed by atoms with E-state index in [0.29, 0.717) is 17.9 Å². The van der Waals surface area contributed by atoms with Gasteiger partial charge in [0, 0.05) is 30.8 Å². The molecular formula is C22H25NO3S. The fraction of sp³-hybridized carbons (Fsp3) is 0.409. The summed E-state index contributed by atoms with van der Waals surface area (Å²) in [5, 5.41) is 0. The molecule has 1 aliphatic carbocycles. The Morgan fingerprint density at radius 2 is 1.67 bits per heavy atom. The summed E-state index contributed by atoms with van der Waals surface area (Å²) in [6, 6.07) is 16.7. The van der Waals surface area contributed by atoms with E-state index in [1.807, 2.05) is 49.4 Å². The van der Waals surface area contributed by atoms with Crippen LogP contribution in [0.1, 0.15) is 42.7 Å². The minimum Gasteiger partial charge on any atom is -0.299 e. The van der Waals surface area contributed by atoms with Crippen molar-refractivity contribution in [2.75, 3.05) is 6.54 Å². The average Bonchev–Trinajstić information content (AvgIpc) is 2.97. The summed E-state index contributed by atoms with van der Waals surface area (Å²) in [4.78, 5) is 13.2. The molecule has 1 aliphatic heterocycles. The molecule has 2 aliphatic rings. The Labute approximate surface area is 161 Å². The first-order valence-corrected chi connectivity index (χ1v) is 11.1. The first-order chi connectivity index (χ1) is 13.0. The number of fused-ring (bicyclic) bond motifs is 1. The van der Waals surface area contributed by atoms with E-state index in [-0.39, 0.29) is 23.7 Å². The van der Waals surface area contributed by atoms with Gasteiger partial charge < -0.3 is 0 Å². The van der Waals surface area contributed by atoms with E-state index < -0.39 is 10.0 Å². The summed E-state index contributed by atoms with van der Waals surface area (Å²) in [5.74, 6) is -0.0925. The van der Waals surface area contributed by atoms with Crippen molar-refractivity contribution in [1.29, 1.82) is 0 Å². The molecule has 1 saturated heterocycles. The number of rotatable bonds is 3. The van der Waals surface area contributed by atoms with Crippen LogP contribution in [0.5, 0.6) is 0 Å². The number of nitrogens with zero attached hydrogens (tertiary/aromatic N) is 1. The predicted octanol–water partition coefficient (Wildman–Crippen LogP) is 3.91. The van der Waals surface area contributed by atoms with Crippen LogP contribution < -0.4 is 0 Å². The lowest BCUT2D eigenvalue weighted by Crippen LogP contribution is -2.39. The number of carbonyl (C=O) groups excluding carboxylic acids is 1. The fourth-order valence-electron chi connectivity index (χ4n) is 4.61. The summed E-state index contributed by atoms with van der Waals surface area (Å²) in [6.07, 6.45) is 3.06. The number of carbonyl (C=O) groups is 1. The molecule has 0 unspecified atom stereocenters. The van der Waals surface area contributed by atoms with Gasteiger partial charge in [0.1, 0.15) is 5.78 Å². The molecule has 2 aromatic rings. The number of ketones is 1. The van der Waals surface area contributed by atoms with E-state index >= 15 is 0 Å². The Hall–Kier alpha value is -1.98. The van der Waals surface area contributed by atoms with Crippen molar-refractivity contribution in [3.8, 4) is 0 Å². The monoisotopic (exact) mass is 383 g/mol. The van der Waals surface area contributed by atoms with Crippen molar-refractivity contribution in [3.63, 3.8) is 0 Å². The molecule has 0 amide bonds. The van der Waals surface area contributed by atoms with Crippen LogP contribution in [-0.4, -0.2) is 31.1 Å². The lowest BCUT2D eigenvalue weighted by Gasteiger charge is -2.26. The van der Waals surface area contributed by atoms with Crippen molar-refractivity contribution in [1.82, 2.24) is 4.31 Å². The number of sulfonamides is 1. The molecule has 2 fully saturated rings. The molecule has 27 heavy (non-hydrogen) atoms. The summed E-state index contributed by atoms with van der Waals surface area (Å²) in [5.41, 5.74) is 2.09. The number of hydrogen-bond donors (Lipinski definition) is 0. The highest BCUT2D eigenvalue weighted by atomic mass is 32.2. The predicted molar refractivity (Wildman–Crippen MR) is 105 cm³/mol. The molecular weight excluding hydrogens is 358 g/mol. The summed E-state index contributed by atoms with van der Waals surface area (Å²) in [6.45, 7) is 2.32. The van der Waals surface area contributed by atoms with Crippen LogP contribution in [0.4, 0.5) is 0 Å². The Kier molecular flexibility index (Phi) is 4.91. The first kappa shape index (κ1) is 18.4. The third-order valence-corrected chi connectivity index (χ3v) is 7.90. The lowest BCUT2D eigenvalue weighted by molar-refractivity contribution is -0.123. The molecule has 0 N–H and O–H groups in total. The van der Waals surface area contributed by atoms with Gasteiger partial charge in [-0.15, -0.1) is 0 Å². The van der Waals surface area contributed by atoms with Crippen molar-refractivity contribution in [3.05, 3.63) is 65.7 Å². The standard InChI is InChI=1S/C22H25NO3S/c1-16-11-13-18(14-12-16)27(25,26)23-15-19(17-7-3-2-4-8-17)22-20(23)9-5-6-10-21(22)24/h2-4,7-8,11-14,19-20,22H,5-6,9-10,15H2,1H3/t19-,20+,22-/m1/s1. The summed E-state index contributed by atoms with van der Waals surface area (Å²) < 4.78 is 28.4. The molecule has 4 rings (SSSR count). The van der Waals surface area contributed by atoms with Gasteiger partial charge in [0.15, 0.2) is 0 Å². The molecule has 1 heterocycles. The Balaban J connectivity index is 1.76. The molecule has 5 heteroatoms. The number of hydrogen-bond acceptors (Lipinski definition) is 3. The van der Waals surface area contributed by atoms with E-state index in [1.54, 1.807) is 16.4 Å². The Bertz CT molecular complexity index is 922. The van der Waals surface area contributed by atoms with Gasteiger partial charge in [0.05, 0.1) is 4.90 Å². The average molecular weight is 384 g/mol. The molecule has 1 saturated carbocycles. The molecule has 2 aromatic carbocycles. The van der Waals surface area contributed by atoms with E-state index in [2.05, 4.69) is 0 Å². The number of aryl methyl sites for hydroxylation is 1. The zero-order valence-corrected chi connectivity index (χ0v) is 16.4. The van der Waals surface area contributed by atoms with Gasteiger partial charge in [-0.1, -0.05) is 54.4 Å².